The molecule has 0 saturated carbocycles. The summed E-state index contributed by atoms with van der Waals surface area (Å²) in [6, 6.07) is 7.19. The van der Waals surface area contributed by atoms with Crippen LogP contribution in [0.2, 0.25) is 5.02 Å². The molecule has 0 bridgehead atoms. The zero-order valence-electron chi connectivity index (χ0n) is 10.2. The first-order valence-electron chi connectivity index (χ1n) is 5.65. The van der Waals surface area contributed by atoms with Crippen LogP contribution >= 0.6 is 11.6 Å². The molecule has 0 aliphatic heterocycles. The molecule has 0 unspecified atom stereocenters. The van der Waals surface area contributed by atoms with Gasteiger partial charge < -0.3 is 10.4 Å². The van der Waals surface area contributed by atoms with Crippen LogP contribution in [0.4, 0.5) is 14.5 Å². The lowest BCUT2D eigenvalue weighted by Gasteiger charge is -2.11. The number of anilines is 1. The Labute approximate surface area is 114 Å². The van der Waals surface area contributed by atoms with E-state index in [1.165, 1.54) is 24.3 Å². The van der Waals surface area contributed by atoms with Crippen LogP contribution in [0.1, 0.15) is 11.1 Å². The molecule has 100 valence electrons. The summed E-state index contributed by atoms with van der Waals surface area (Å²) in [7, 11) is 0. The Hall–Kier alpha value is -1.81. The van der Waals surface area contributed by atoms with Crippen LogP contribution in [-0.2, 0) is 6.54 Å². The zero-order valence-corrected chi connectivity index (χ0v) is 10.9. The highest BCUT2D eigenvalue weighted by molar-refractivity contribution is 6.32. The van der Waals surface area contributed by atoms with Crippen molar-refractivity contribution < 1.29 is 13.9 Å². The molecule has 0 aliphatic rings. The van der Waals surface area contributed by atoms with Gasteiger partial charge >= 0.3 is 0 Å². The number of phenols is 1. The van der Waals surface area contributed by atoms with Gasteiger partial charge in [0.15, 0.2) is 5.82 Å². The second-order valence-electron chi connectivity index (χ2n) is 4.19. The summed E-state index contributed by atoms with van der Waals surface area (Å²) in [4.78, 5) is 0. The summed E-state index contributed by atoms with van der Waals surface area (Å²) in [6.07, 6.45) is 0. The van der Waals surface area contributed by atoms with Crippen LogP contribution in [0, 0.1) is 18.6 Å². The number of aryl methyl sites for hydroxylation is 1. The largest absolute Gasteiger partial charge is 0.506 e. The van der Waals surface area contributed by atoms with Gasteiger partial charge in [-0.1, -0.05) is 23.7 Å². The van der Waals surface area contributed by atoms with Crippen LogP contribution in [0.15, 0.2) is 30.3 Å². The Bertz CT molecular complexity index is 617. The van der Waals surface area contributed by atoms with Gasteiger partial charge in [0.05, 0.1) is 5.02 Å². The topological polar surface area (TPSA) is 32.3 Å². The third kappa shape index (κ3) is 2.96. The molecular weight excluding hydrogens is 272 g/mol. The molecule has 2 N–H and O–H groups in total. The summed E-state index contributed by atoms with van der Waals surface area (Å²) in [5.41, 5.74) is 0.917. The number of rotatable bonds is 3. The summed E-state index contributed by atoms with van der Waals surface area (Å²) >= 11 is 5.76. The van der Waals surface area contributed by atoms with Gasteiger partial charge in [0.25, 0.3) is 0 Å². The SMILES string of the molecule is Cc1ccc(F)c(NCc2ccc(O)c(Cl)c2)c1F. The second-order valence-corrected chi connectivity index (χ2v) is 4.60. The van der Waals surface area contributed by atoms with Gasteiger partial charge in [-0.05, 0) is 36.2 Å². The van der Waals surface area contributed by atoms with Crippen molar-refractivity contribution in [1.29, 1.82) is 0 Å². The molecule has 0 heterocycles. The normalized spacial score (nSPS) is 10.5. The smallest absolute Gasteiger partial charge is 0.152 e. The van der Waals surface area contributed by atoms with E-state index in [1.807, 2.05) is 0 Å². The van der Waals surface area contributed by atoms with Crippen LogP contribution in [0.3, 0.4) is 0 Å². The molecule has 19 heavy (non-hydrogen) atoms. The van der Waals surface area contributed by atoms with E-state index in [0.717, 1.165) is 0 Å². The number of hydrogen-bond acceptors (Lipinski definition) is 2. The number of benzene rings is 2. The Morgan fingerprint density at radius 1 is 1.21 bits per heavy atom. The third-order valence-corrected chi connectivity index (χ3v) is 3.07. The molecule has 0 radical (unpaired) electrons. The number of nitrogens with one attached hydrogen (secondary N) is 1. The summed E-state index contributed by atoms with van der Waals surface area (Å²) < 4.78 is 27.2. The van der Waals surface area contributed by atoms with Gasteiger partial charge in [0.1, 0.15) is 17.3 Å². The van der Waals surface area contributed by atoms with Gasteiger partial charge in [-0.3, -0.25) is 0 Å². The van der Waals surface area contributed by atoms with E-state index in [-0.39, 0.29) is 23.0 Å². The van der Waals surface area contributed by atoms with Crippen LogP contribution < -0.4 is 5.32 Å². The zero-order chi connectivity index (χ0) is 14.0. The minimum atomic E-state index is -0.645. The van der Waals surface area contributed by atoms with Crippen LogP contribution in [0.5, 0.6) is 5.75 Å². The molecular formula is C14H12ClF2NO. The van der Waals surface area contributed by atoms with Crippen molar-refractivity contribution in [2.45, 2.75) is 13.5 Å². The maximum absolute atomic E-state index is 13.7. The number of halogens is 3. The van der Waals surface area contributed by atoms with Gasteiger partial charge in [-0.25, -0.2) is 8.78 Å². The first-order valence-corrected chi connectivity index (χ1v) is 6.02. The highest BCUT2D eigenvalue weighted by Gasteiger charge is 2.11. The Kier molecular flexibility index (Phi) is 3.90. The summed E-state index contributed by atoms with van der Waals surface area (Å²) in [6.45, 7) is 1.77. The van der Waals surface area contributed by atoms with E-state index in [9.17, 15) is 13.9 Å². The summed E-state index contributed by atoms with van der Waals surface area (Å²) in [5.74, 6) is -1.28. The van der Waals surface area contributed by atoms with Crippen molar-refractivity contribution in [3.05, 3.63) is 58.1 Å². The van der Waals surface area contributed by atoms with Gasteiger partial charge in [-0.2, -0.15) is 0 Å². The standard InChI is InChI=1S/C14H12ClF2NO/c1-8-2-4-11(16)14(13(8)17)18-7-9-3-5-12(19)10(15)6-9/h2-6,18-19H,7H2,1H3. The molecule has 2 rings (SSSR count). The molecule has 0 amide bonds. The van der Waals surface area contributed by atoms with E-state index in [4.69, 9.17) is 11.6 Å². The highest BCUT2D eigenvalue weighted by Crippen LogP contribution is 2.25. The third-order valence-electron chi connectivity index (χ3n) is 2.77. The van der Waals surface area contributed by atoms with E-state index >= 15 is 0 Å². The molecule has 2 aromatic carbocycles. The molecule has 0 aromatic heterocycles. The van der Waals surface area contributed by atoms with Crippen molar-refractivity contribution in [3.8, 4) is 5.75 Å². The van der Waals surface area contributed by atoms with Gasteiger partial charge in [0.2, 0.25) is 0 Å². The Morgan fingerprint density at radius 3 is 2.63 bits per heavy atom. The van der Waals surface area contributed by atoms with E-state index in [2.05, 4.69) is 5.32 Å². The molecule has 2 nitrogen and oxygen atoms in total. The molecule has 0 saturated heterocycles. The Balaban J connectivity index is 2.19. The maximum atomic E-state index is 13.7. The van der Waals surface area contributed by atoms with Crippen molar-refractivity contribution in [2.24, 2.45) is 0 Å². The monoisotopic (exact) mass is 283 g/mol. The molecule has 0 atom stereocenters. The average molecular weight is 284 g/mol. The first-order chi connectivity index (χ1) is 8.99. The lowest BCUT2D eigenvalue weighted by Crippen LogP contribution is -2.05. The first kappa shape index (κ1) is 13.6. The number of hydrogen-bond donors (Lipinski definition) is 2. The van der Waals surface area contributed by atoms with Crippen molar-refractivity contribution >= 4 is 17.3 Å². The van der Waals surface area contributed by atoms with Crippen LogP contribution in [-0.4, -0.2) is 5.11 Å². The van der Waals surface area contributed by atoms with Crippen molar-refractivity contribution in [1.82, 2.24) is 0 Å². The Morgan fingerprint density at radius 2 is 1.95 bits per heavy atom. The minimum absolute atomic E-state index is 0.0293. The molecule has 0 aliphatic carbocycles. The maximum Gasteiger partial charge on any atom is 0.152 e. The highest BCUT2D eigenvalue weighted by atomic mass is 35.5. The average Bonchev–Trinajstić information content (AvgIpc) is 2.38. The fourth-order valence-electron chi connectivity index (χ4n) is 1.67. The van der Waals surface area contributed by atoms with E-state index in [0.29, 0.717) is 11.1 Å². The van der Waals surface area contributed by atoms with E-state index < -0.39 is 11.6 Å². The van der Waals surface area contributed by atoms with Gasteiger partial charge in [-0.15, -0.1) is 0 Å². The lowest BCUT2D eigenvalue weighted by molar-refractivity contribution is 0.475. The molecule has 0 fully saturated rings. The number of aromatic hydroxyl groups is 1. The predicted molar refractivity (Wildman–Crippen MR) is 71.5 cm³/mol. The molecule has 2 aromatic rings. The van der Waals surface area contributed by atoms with Crippen molar-refractivity contribution in [3.63, 3.8) is 0 Å². The number of phenolic OH excluding ortho intramolecular Hbond substituents is 1. The fraction of sp³-hybridized carbons (Fsp3) is 0.143. The van der Waals surface area contributed by atoms with Crippen molar-refractivity contribution in [2.75, 3.05) is 5.32 Å². The predicted octanol–water partition coefficient (Wildman–Crippen LogP) is 4.24. The van der Waals surface area contributed by atoms with Gasteiger partial charge in [0, 0.05) is 6.54 Å². The molecule has 5 heteroatoms. The quantitative estimate of drug-likeness (QED) is 0.883. The fourth-order valence-corrected chi connectivity index (χ4v) is 1.87. The lowest BCUT2D eigenvalue weighted by atomic mass is 10.1. The van der Waals surface area contributed by atoms with Crippen LogP contribution in [0.25, 0.3) is 0 Å². The summed E-state index contributed by atoms with van der Waals surface area (Å²) in [5, 5.41) is 12.2. The molecule has 0 spiro atoms. The second kappa shape index (κ2) is 5.45. The minimum Gasteiger partial charge on any atom is -0.506 e. The van der Waals surface area contributed by atoms with E-state index in [1.54, 1.807) is 13.0 Å².